The number of hydrogen-bond acceptors (Lipinski definition) is 4. The number of nitrogens with one attached hydrogen (secondary N) is 2. The highest BCUT2D eigenvalue weighted by atomic mass is 35.5. The zero-order chi connectivity index (χ0) is 20.5. The molecule has 0 aliphatic heterocycles. The molecule has 0 saturated carbocycles. The van der Waals surface area contributed by atoms with Crippen LogP contribution in [0, 0.1) is 0 Å². The summed E-state index contributed by atoms with van der Waals surface area (Å²) in [6.07, 6.45) is 1.50. The molecule has 3 aromatic rings. The third-order valence-electron chi connectivity index (χ3n) is 3.81. The van der Waals surface area contributed by atoms with E-state index in [0.717, 1.165) is 5.56 Å². The first-order chi connectivity index (χ1) is 14.1. The van der Waals surface area contributed by atoms with Gasteiger partial charge in [0.25, 0.3) is 11.8 Å². The van der Waals surface area contributed by atoms with Gasteiger partial charge in [0.15, 0.2) is 6.61 Å². The van der Waals surface area contributed by atoms with Gasteiger partial charge < -0.3 is 10.1 Å². The first-order valence-electron chi connectivity index (χ1n) is 8.77. The summed E-state index contributed by atoms with van der Waals surface area (Å²) in [5.41, 5.74) is 4.25. The van der Waals surface area contributed by atoms with Crippen LogP contribution in [0.3, 0.4) is 0 Å². The molecule has 0 heterocycles. The fraction of sp³-hybridized carbons (Fsp3) is 0.0455. The van der Waals surface area contributed by atoms with Crippen molar-refractivity contribution in [3.63, 3.8) is 0 Å². The highest BCUT2D eigenvalue weighted by molar-refractivity contribution is 6.33. The van der Waals surface area contributed by atoms with E-state index in [4.69, 9.17) is 16.3 Å². The number of benzene rings is 3. The number of nitrogens with zero attached hydrogens (tertiary/aromatic N) is 1. The Kier molecular flexibility index (Phi) is 6.97. The van der Waals surface area contributed by atoms with Crippen LogP contribution in [-0.2, 0) is 4.79 Å². The maximum Gasteiger partial charge on any atom is 0.272 e. The first-order valence-corrected chi connectivity index (χ1v) is 9.15. The molecule has 0 bridgehead atoms. The van der Waals surface area contributed by atoms with Gasteiger partial charge in [0.2, 0.25) is 0 Å². The summed E-state index contributed by atoms with van der Waals surface area (Å²) < 4.78 is 5.47. The Labute approximate surface area is 173 Å². The molecule has 146 valence electrons. The second-order valence-electron chi connectivity index (χ2n) is 5.95. The molecule has 0 aliphatic rings. The second-order valence-corrected chi connectivity index (χ2v) is 6.36. The molecule has 0 spiro atoms. The number of ether oxygens (including phenoxy) is 1. The van der Waals surface area contributed by atoms with Crippen molar-refractivity contribution in [2.45, 2.75) is 0 Å². The van der Waals surface area contributed by atoms with Crippen LogP contribution < -0.4 is 15.5 Å². The van der Waals surface area contributed by atoms with Crippen molar-refractivity contribution in [3.8, 4) is 5.75 Å². The van der Waals surface area contributed by atoms with Gasteiger partial charge in [-0.25, -0.2) is 5.43 Å². The van der Waals surface area contributed by atoms with Crippen molar-refractivity contribution >= 4 is 35.3 Å². The Morgan fingerprint density at radius 3 is 2.34 bits per heavy atom. The molecule has 0 aliphatic carbocycles. The summed E-state index contributed by atoms with van der Waals surface area (Å²) in [4.78, 5) is 23.9. The van der Waals surface area contributed by atoms with Crippen LogP contribution >= 0.6 is 11.6 Å². The number of hydrazone groups is 1. The van der Waals surface area contributed by atoms with Crippen molar-refractivity contribution in [1.82, 2.24) is 5.43 Å². The molecule has 0 saturated heterocycles. The lowest BCUT2D eigenvalue weighted by molar-refractivity contribution is -0.118. The summed E-state index contributed by atoms with van der Waals surface area (Å²) in [7, 11) is 0. The van der Waals surface area contributed by atoms with Crippen LogP contribution in [-0.4, -0.2) is 24.6 Å². The number of amides is 2. The third-order valence-corrected chi connectivity index (χ3v) is 4.14. The van der Waals surface area contributed by atoms with E-state index in [0.29, 0.717) is 22.0 Å². The number of halogens is 1. The molecular weight excluding hydrogens is 390 g/mol. The van der Waals surface area contributed by atoms with Gasteiger partial charge in [-0.3, -0.25) is 9.59 Å². The van der Waals surface area contributed by atoms with Crippen molar-refractivity contribution in [3.05, 3.63) is 95.0 Å². The first kappa shape index (κ1) is 20.1. The van der Waals surface area contributed by atoms with Gasteiger partial charge in [0.05, 0.1) is 16.8 Å². The molecule has 7 heteroatoms. The standard InChI is InChI=1S/C22H18ClN3O3/c23-20-9-5-4-8-19(20)22(28)26-24-14-16-10-12-18(13-11-16)29-15-21(27)25-17-6-2-1-3-7-17/h1-14H,15H2,(H,25,27)(H,26,28)/b24-14+. The third kappa shape index (κ3) is 6.19. The molecule has 3 rings (SSSR count). The number of hydrogen-bond donors (Lipinski definition) is 2. The van der Waals surface area contributed by atoms with E-state index in [-0.39, 0.29) is 12.5 Å². The van der Waals surface area contributed by atoms with E-state index in [1.165, 1.54) is 6.21 Å². The zero-order valence-electron chi connectivity index (χ0n) is 15.3. The van der Waals surface area contributed by atoms with Crippen LogP contribution in [0.1, 0.15) is 15.9 Å². The number of rotatable bonds is 7. The minimum absolute atomic E-state index is 0.101. The Balaban J connectivity index is 1.47. The largest absolute Gasteiger partial charge is 0.484 e. The molecule has 29 heavy (non-hydrogen) atoms. The number of carbonyl (C=O) groups is 2. The van der Waals surface area contributed by atoms with Crippen molar-refractivity contribution < 1.29 is 14.3 Å². The normalized spacial score (nSPS) is 10.5. The van der Waals surface area contributed by atoms with Gasteiger partial charge in [-0.2, -0.15) is 5.10 Å². The Bertz CT molecular complexity index is 1010. The number of anilines is 1. The minimum Gasteiger partial charge on any atom is -0.484 e. The van der Waals surface area contributed by atoms with E-state index in [2.05, 4.69) is 15.8 Å². The van der Waals surface area contributed by atoms with Crippen LogP contribution in [0.5, 0.6) is 5.75 Å². The van der Waals surface area contributed by atoms with E-state index in [1.807, 2.05) is 18.2 Å². The molecule has 0 fully saturated rings. The molecule has 0 atom stereocenters. The molecule has 0 unspecified atom stereocenters. The molecule has 3 aromatic carbocycles. The van der Waals surface area contributed by atoms with Gasteiger partial charge in [0.1, 0.15) is 5.75 Å². The van der Waals surface area contributed by atoms with Gasteiger partial charge in [-0.05, 0) is 54.1 Å². The maximum absolute atomic E-state index is 12.0. The van der Waals surface area contributed by atoms with Crippen LogP contribution in [0.25, 0.3) is 0 Å². The van der Waals surface area contributed by atoms with E-state index >= 15 is 0 Å². The Morgan fingerprint density at radius 1 is 0.931 bits per heavy atom. The molecule has 0 radical (unpaired) electrons. The zero-order valence-corrected chi connectivity index (χ0v) is 16.1. The average molecular weight is 408 g/mol. The fourth-order valence-electron chi connectivity index (χ4n) is 2.39. The second kappa shape index (κ2) is 10.1. The van der Waals surface area contributed by atoms with Gasteiger partial charge in [0, 0.05) is 5.69 Å². The summed E-state index contributed by atoms with van der Waals surface area (Å²) in [5, 5.41) is 7.03. The lowest BCUT2D eigenvalue weighted by atomic mass is 10.2. The average Bonchev–Trinajstić information content (AvgIpc) is 2.74. The predicted octanol–water partition coefficient (Wildman–Crippen LogP) is 4.12. The highest BCUT2D eigenvalue weighted by Gasteiger charge is 2.07. The summed E-state index contributed by atoms with van der Waals surface area (Å²) >= 11 is 5.97. The smallest absolute Gasteiger partial charge is 0.272 e. The minimum atomic E-state index is -0.392. The molecule has 0 aromatic heterocycles. The molecule has 6 nitrogen and oxygen atoms in total. The van der Waals surface area contributed by atoms with Crippen molar-refractivity contribution in [1.29, 1.82) is 0 Å². The monoisotopic (exact) mass is 407 g/mol. The summed E-state index contributed by atoms with van der Waals surface area (Å²) in [6, 6.07) is 22.8. The highest BCUT2D eigenvalue weighted by Crippen LogP contribution is 2.14. The fourth-order valence-corrected chi connectivity index (χ4v) is 2.61. The van der Waals surface area contributed by atoms with Crippen LogP contribution in [0.15, 0.2) is 84.0 Å². The van der Waals surface area contributed by atoms with Gasteiger partial charge in [-0.15, -0.1) is 0 Å². The van der Waals surface area contributed by atoms with Gasteiger partial charge >= 0.3 is 0 Å². The predicted molar refractivity (Wildman–Crippen MR) is 114 cm³/mol. The molecule has 2 amide bonds. The van der Waals surface area contributed by atoms with Crippen LogP contribution in [0.2, 0.25) is 5.02 Å². The van der Waals surface area contributed by atoms with Gasteiger partial charge in [-0.1, -0.05) is 41.9 Å². The number of para-hydroxylation sites is 1. The lowest BCUT2D eigenvalue weighted by Crippen LogP contribution is -2.20. The molecule has 2 N–H and O–H groups in total. The van der Waals surface area contributed by atoms with E-state index in [1.54, 1.807) is 60.7 Å². The Morgan fingerprint density at radius 2 is 1.62 bits per heavy atom. The molecular formula is C22H18ClN3O3. The Hall–Kier alpha value is -3.64. The summed E-state index contributed by atoms with van der Waals surface area (Å²) in [6.45, 7) is -0.101. The van der Waals surface area contributed by atoms with E-state index in [9.17, 15) is 9.59 Å². The van der Waals surface area contributed by atoms with Crippen molar-refractivity contribution in [2.24, 2.45) is 5.10 Å². The van der Waals surface area contributed by atoms with E-state index < -0.39 is 5.91 Å². The summed E-state index contributed by atoms with van der Waals surface area (Å²) in [5.74, 6) is -0.0918. The lowest BCUT2D eigenvalue weighted by Gasteiger charge is -2.07. The quantitative estimate of drug-likeness (QED) is 0.456. The number of carbonyl (C=O) groups excluding carboxylic acids is 2. The SMILES string of the molecule is O=C(COc1ccc(/C=N/NC(=O)c2ccccc2Cl)cc1)Nc1ccccc1. The maximum atomic E-state index is 12.0. The topological polar surface area (TPSA) is 79.8 Å². The van der Waals surface area contributed by atoms with Crippen molar-refractivity contribution in [2.75, 3.05) is 11.9 Å². The van der Waals surface area contributed by atoms with Crippen LogP contribution in [0.4, 0.5) is 5.69 Å².